The summed E-state index contributed by atoms with van der Waals surface area (Å²) in [7, 11) is 0. The van der Waals surface area contributed by atoms with Gasteiger partial charge in [-0.15, -0.1) is 0 Å². The first-order chi connectivity index (χ1) is 8.06. The van der Waals surface area contributed by atoms with E-state index >= 15 is 0 Å². The second-order valence-electron chi connectivity index (χ2n) is 3.82. The molecule has 0 aliphatic heterocycles. The number of aryl methyl sites for hydroxylation is 1. The summed E-state index contributed by atoms with van der Waals surface area (Å²) in [5, 5.41) is 11.6. The number of hydrogen-bond acceptors (Lipinski definition) is 4. The van der Waals surface area contributed by atoms with E-state index in [0.717, 1.165) is 0 Å². The van der Waals surface area contributed by atoms with Crippen LogP contribution in [0.1, 0.15) is 20.3 Å². The van der Waals surface area contributed by atoms with Gasteiger partial charge in [-0.2, -0.15) is 0 Å². The Morgan fingerprint density at radius 2 is 2.35 bits per heavy atom. The van der Waals surface area contributed by atoms with Crippen LogP contribution in [0.2, 0.25) is 0 Å². The first-order valence-electron chi connectivity index (χ1n) is 5.58. The van der Waals surface area contributed by atoms with Gasteiger partial charge in [0.15, 0.2) is 5.82 Å². The molecule has 0 bridgehead atoms. The molecule has 0 fully saturated rings. The number of anilines is 1. The number of carboxylic acid groups (broad SMARTS) is 1. The number of nitrogens with zero attached hydrogens (tertiary/aromatic N) is 2. The van der Waals surface area contributed by atoms with Gasteiger partial charge in [-0.3, -0.25) is 9.59 Å². The molecule has 94 valence electrons. The van der Waals surface area contributed by atoms with Crippen LogP contribution in [0.25, 0.3) is 0 Å². The molecule has 0 aliphatic rings. The molecule has 1 heterocycles. The van der Waals surface area contributed by atoms with Crippen LogP contribution >= 0.6 is 0 Å². The molecule has 1 rings (SSSR count). The molecular formula is C11H17N3O3. The molecule has 6 nitrogen and oxygen atoms in total. The minimum Gasteiger partial charge on any atom is -0.481 e. The van der Waals surface area contributed by atoms with E-state index in [4.69, 9.17) is 5.11 Å². The van der Waals surface area contributed by atoms with Crippen molar-refractivity contribution >= 4 is 11.8 Å². The van der Waals surface area contributed by atoms with Crippen LogP contribution < -0.4 is 10.9 Å². The van der Waals surface area contributed by atoms with Crippen molar-refractivity contribution in [1.29, 1.82) is 0 Å². The molecule has 2 N–H and O–H groups in total. The molecule has 6 heteroatoms. The molecule has 1 atom stereocenters. The fraction of sp³-hybridized carbons (Fsp3) is 0.545. The summed E-state index contributed by atoms with van der Waals surface area (Å²) in [5.74, 6) is -0.995. The predicted molar refractivity (Wildman–Crippen MR) is 64.1 cm³/mol. The highest BCUT2D eigenvalue weighted by Crippen LogP contribution is 2.02. The third-order valence-electron chi connectivity index (χ3n) is 2.55. The molecule has 0 saturated heterocycles. The number of hydrogen-bond donors (Lipinski definition) is 2. The Morgan fingerprint density at radius 3 is 2.94 bits per heavy atom. The van der Waals surface area contributed by atoms with Gasteiger partial charge in [0.1, 0.15) is 0 Å². The van der Waals surface area contributed by atoms with Gasteiger partial charge in [-0.1, -0.05) is 6.92 Å². The van der Waals surface area contributed by atoms with Crippen LogP contribution in [0.3, 0.4) is 0 Å². The van der Waals surface area contributed by atoms with Crippen LogP contribution in [-0.4, -0.2) is 27.2 Å². The molecule has 0 spiro atoms. The minimum atomic E-state index is -0.834. The summed E-state index contributed by atoms with van der Waals surface area (Å²) in [5.41, 5.74) is -0.182. The van der Waals surface area contributed by atoms with E-state index in [1.165, 1.54) is 4.57 Å². The first kappa shape index (κ1) is 13.2. The van der Waals surface area contributed by atoms with Crippen molar-refractivity contribution in [3.8, 4) is 0 Å². The predicted octanol–water partition coefficient (Wildman–Crippen LogP) is 0.786. The Morgan fingerprint density at radius 1 is 1.65 bits per heavy atom. The van der Waals surface area contributed by atoms with E-state index in [9.17, 15) is 9.59 Å². The smallest absolute Gasteiger partial charge is 0.306 e. The van der Waals surface area contributed by atoms with Crippen molar-refractivity contribution in [1.82, 2.24) is 9.55 Å². The van der Waals surface area contributed by atoms with Crippen LogP contribution in [-0.2, 0) is 11.3 Å². The van der Waals surface area contributed by atoms with Crippen molar-refractivity contribution in [3.63, 3.8) is 0 Å². The Hall–Kier alpha value is -1.85. The quantitative estimate of drug-likeness (QED) is 0.766. The lowest BCUT2D eigenvalue weighted by molar-refractivity contribution is -0.141. The number of carbonyl (C=O) groups is 1. The van der Waals surface area contributed by atoms with Crippen molar-refractivity contribution in [2.75, 3.05) is 11.9 Å². The van der Waals surface area contributed by atoms with Crippen molar-refractivity contribution in [3.05, 3.63) is 22.7 Å². The van der Waals surface area contributed by atoms with Gasteiger partial charge in [0.25, 0.3) is 5.56 Å². The lowest BCUT2D eigenvalue weighted by atomic mass is 10.1. The second-order valence-corrected chi connectivity index (χ2v) is 3.82. The average Bonchev–Trinajstić information content (AvgIpc) is 2.31. The summed E-state index contributed by atoms with van der Waals surface area (Å²) in [4.78, 5) is 26.3. The molecule has 1 unspecified atom stereocenters. The zero-order valence-electron chi connectivity index (χ0n) is 10.0. The molecule has 0 radical (unpaired) electrons. The second kappa shape index (κ2) is 6.03. The van der Waals surface area contributed by atoms with E-state index in [1.54, 1.807) is 19.3 Å². The third kappa shape index (κ3) is 3.58. The summed E-state index contributed by atoms with van der Waals surface area (Å²) >= 11 is 0. The maximum atomic E-state index is 11.7. The lowest BCUT2D eigenvalue weighted by Crippen LogP contribution is -2.25. The van der Waals surface area contributed by atoms with Crippen LogP contribution in [0.5, 0.6) is 0 Å². The van der Waals surface area contributed by atoms with Crippen LogP contribution in [0, 0.1) is 5.92 Å². The molecular weight excluding hydrogens is 222 g/mol. The number of carboxylic acids is 1. The van der Waals surface area contributed by atoms with E-state index < -0.39 is 11.9 Å². The largest absolute Gasteiger partial charge is 0.481 e. The van der Waals surface area contributed by atoms with E-state index in [-0.39, 0.29) is 11.4 Å². The van der Waals surface area contributed by atoms with Gasteiger partial charge in [-0.05, 0) is 13.3 Å². The molecule has 0 aliphatic carbocycles. The number of aliphatic carboxylic acids is 1. The van der Waals surface area contributed by atoms with Crippen LogP contribution in [0.4, 0.5) is 5.82 Å². The maximum Gasteiger partial charge on any atom is 0.306 e. The highest BCUT2D eigenvalue weighted by atomic mass is 16.4. The Bertz CT molecular complexity index is 442. The summed E-state index contributed by atoms with van der Waals surface area (Å²) in [6.45, 7) is 4.51. The third-order valence-corrected chi connectivity index (χ3v) is 2.55. The molecule has 1 aromatic heterocycles. The van der Waals surface area contributed by atoms with Gasteiger partial charge in [0.05, 0.1) is 5.92 Å². The minimum absolute atomic E-state index is 0.182. The SMILES string of the molecule is CCn1ccnc(NCCC(C)C(=O)O)c1=O. The van der Waals surface area contributed by atoms with Gasteiger partial charge in [-0.25, -0.2) is 4.98 Å². The van der Waals surface area contributed by atoms with Gasteiger partial charge >= 0.3 is 5.97 Å². The first-order valence-corrected chi connectivity index (χ1v) is 5.58. The van der Waals surface area contributed by atoms with E-state index in [2.05, 4.69) is 10.3 Å². The fourth-order valence-electron chi connectivity index (χ4n) is 1.35. The van der Waals surface area contributed by atoms with Crippen molar-refractivity contribution in [2.45, 2.75) is 26.8 Å². The highest BCUT2D eigenvalue weighted by Gasteiger charge is 2.10. The highest BCUT2D eigenvalue weighted by molar-refractivity contribution is 5.69. The Balaban J connectivity index is 2.58. The number of aromatic nitrogens is 2. The Kier molecular flexibility index (Phi) is 4.68. The molecule has 0 amide bonds. The fourth-order valence-corrected chi connectivity index (χ4v) is 1.35. The van der Waals surface area contributed by atoms with E-state index in [1.807, 2.05) is 6.92 Å². The Labute approximate surface area is 99.3 Å². The van der Waals surface area contributed by atoms with Gasteiger partial charge < -0.3 is 15.0 Å². The number of rotatable bonds is 6. The summed E-state index contributed by atoms with van der Waals surface area (Å²) in [6, 6.07) is 0. The number of nitrogens with one attached hydrogen (secondary N) is 1. The molecule has 0 saturated carbocycles. The maximum absolute atomic E-state index is 11.7. The standard InChI is InChI=1S/C11H17N3O3/c1-3-14-7-6-13-9(10(14)15)12-5-4-8(2)11(16)17/h6-8H,3-5H2,1-2H3,(H,12,13)(H,16,17). The van der Waals surface area contributed by atoms with Crippen LogP contribution in [0.15, 0.2) is 17.2 Å². The summed E-state index contributed by atoms with van der Waals surface area (Å²) < 4.78 is 1.54. The lowest BCUT2D eigenvalue weighted by Gasteiger charge is -2.09. The molecule has 17 heavy (non-hydrogen) atoms. The normalized spacial score (nSPS) is 12.1. The average molecular weight is 239 g/mol. The summed E-state index contributed by atoms with van der Waals surface area (Å²) in [6.07, 6.45) is 3.62. The molecule has 0 aromatic carbocycles. The van der Waals surface area contributed by atoms with Crippen molar-refractivity contribution < 1.29 is 9.90 Å². The van der Waals surface area contributed by atoms with Gasteiger partial charge in [0.2, 0.25) is 0 Å². The van der Waals surface area contributed by atoms with Crippen molar-refractivity contribution in [2.24, 2.45) is 5.92 Å². The monoisotopic (exact) mass is 239 g/mol. The zero-order chi connectivity index (χ0) is 12.8. The zero-order valence-corrected chi connectivity index (χ0v) is 10.0. The van der Waals surface area contributed by atoms with Gasteiger partial charge in [0, 0.05) is 25.5 Å². The molecule has 1 aromatic rings. The van der Waals surface area contributed by atoms with E-state index in [0.29, 0.717) is 19.5 Å². The topological polar surface area (TPSA) is 84.2 Å².